The Balaban J connectivity index is 2.05. The number of alkyl carbamates (subject to hydrolysis) is 2. The minimum absolute atomic E-state index is 0.0648. The van der Waals surface area contributed by atoms with Crippen molar-refractivity contribution in [1.82, 2.24) is 15.6 Å². The second-order valence-corrected chi connectivity index (χ2v) is 7.89. The molecule has 0 aromatic carbocycles. The Morgan fingerprint density at radius 3 is 2.31 bits per heavy atom. The lowest BCUT2D eigenvalue weighted by Crippen LogP contribution is -2.33. The number of carbonyl (C=O) groups is 2. The molecule has 0 radical (unpaired) electrons. The van der Waals surface area contributed by atoms with Crippen LogP contribution in [0.3, 0.4) is 0 Å². The number of rotatable bonds is 11. The van der Waals surface area contributed by atoms with Crippen molar-refractivity contribution in [2.45, 2.75) is 59.7 Å². The van der Waals surface area contributed by atoms with Crippen molar-refractivity contribution in [1.29, 1.82) is 0 Å². The molecule has 0 bridgehead atoms. The molecule has 0 fully saturated rings. The SMILES string of the molecule is CC(C)CC(OC(=O)NCCCCNC(=O)OCc1cncs1)C(C)C. The van der Waals surface area contributed by atoms with Crippen molar-refractivity contribution < 1.29 is 19.1 Å². The van der Waals surface area contributed by atoms with E-state index in [1.807, 2.05) is 0 Å². The first kappa shape index (κ1) is 22.2. The molecule has 1 rings (SSSR count). The summed E-state index contributed by atoms with van der Waals surface area (Å²) in [5, 5.41) is 5.44. The molecule has 0 saturated carbocycles. The van der Waals surface area contributed by atoms with E-state index in [1.165, 1.54) is 11.3 Å². The Hall–Kier alpha value is -1.83. The number of hydrogen-bond acceptors (Lipinski definition) is 6. The maximum atomic E-state index is 11.9. The summed E-state index contributed by atoms with van der Waals surface area (Å²) in [6, 6.07) is 0. The molecular formula is C18H31N3O4S. The lowest BCUT2D eigenvalue weighted by Gasteiger charge is -2.23. The van der Waals surface area contributed by atoms with E-state index in [4.69, 9.17) is 9.47 Å². The number of ether oxygens (including phenoxy) is 2. The van der Waals surface area contributed by atoms with Crippen molar-refractivity contribution in [3.05, 3.63) is 16.6 Å². The van der Waals surface area contributed by atoms with Gasteiger partial charge in [0.05, 0.1) is 10.4 Å². The van der Waals surface area contributed by atoms with E-state index < -0.39 is 6.09 Å². The van der Waals surface area contributed by atoms with Gasteiger partial charge in [-0.05, 0) is 31.1 Å². The largest absolute Gasteiger partial charge is 0.446 e. The lowest BCUT2D eigenvalue weighted by atomic mass is 9.97. The predicted molar refractivity (Wildman–Crippen MR) is 102 cm³/mol. The van der Waals surface area contributed by atoms with Crippen molar-refractivity contribution in [3.8, 4) is 0 Å². The monoisotopic (exact) mass is 385 g/mol. The number of nitrogens with zero attached hydrogens (tertiary/aromatic N) is 1. The molecule has 1 aromatic heterocycles. The summed E-state index contributed by atoms with van der Waals surface area (Å²) < 4.78 is 10.6. The summed E-state index contributed by atoms with van der Waals surface area (Å²) in [7, 11) is 0. The fourth-order valence-electron chi connectivity index (χ4n) is 2.23. The van der Waals surface area contributed by atoms with Gasteiger partial charge in [-0.3, -0.25) is 4.98 Å². The van der Waals surface area contributed by atoms with E-state index in [1.54, 1.807) is 11.7 Å². The van der Waals surface area contributed by atoms with E-state index in [0.29, 0.717) is 24.9 Å². The molecule has 0 aliphatic rings. The number of aromatic nitrogens is 1. The van der Waals surface area contributed by atoms with E-state index in [9.17, 15) is 9.59 Å². The minimum Gasteiger partial charge on any atom is -0.446 e. The van der Waals surface area contributed by atoms with Crippen molar-refractivity contribution in [2.24, 2.45) is 11.8 Å². The van der Waals surface area contributed by atoms with Gasteiger partial charge in [-0.2, -0.15) is 0 Å². The molecule has 26 heavy (non-hydrogen) atoms. The highest BCUT2D eigenvalue weighted by Crippen LogP contribution is 2.16. The number of amides is 2. The van der Waals surface area contributed by atoms with Crippen LogP contribution in [-0.2, 0) is 16.1 Å². The van der Waals surface area contributed by atoms with Gasteiger partial charge in [0.2, 0.25) is 0 Å². The highest BCUT2D eigenvalue weighted by molar-refractivity contribution is 7.09. The van der Waals surface area contributed by atoms with Crippen molar-refractivity contribution in [2.75, 3.05) is 13.1 Å². The van der Waals surface area contributed by atoms with Crippen LogP contribution < -0.4 is 10.6 Å². The third-order valence-corrected chi connectivity index (χ3v) is 4.43. The Morgan fingerprint density at radius 1 is 1.12 bits per heavy atom. The number of nitrogens with one attached hydrogen (secondary N) is 2. The summed E-state index contributed by atoms with van der Waals surface area (Å²) in [4.78, 5) is 28.2. The maximum Gasteiger partial charge on any atom is 0.407 e. The van der Waals surface area contributed by atoms with Gasteiger partial charge in [-0.15, -0.1) is 11.3 Å². The van der Waals surface area contributed by atoms with Gasteiger partial charge >= 0.3 is 12.2 Å². The van der Waals surface area contributed by atoms with Crippen LogP contribution in [0.15, 0.2) is 11.7 Å². The van der Waals surface area contributed by atoms with Crippen LogP contribution in [0.1, 0.15) is 51.8 Å². The highest BCUT2D eigenvalue weighted by Gasteiger charge is 2.19. The fraction of sp³-hybridized carbons (Fsp3) is 0.722. The molecule has 7 nitrogen and oxygen atoms in total. The Bertz CT molecular complexity index is 521. The Kier molecular flexibility index (Phi) is 10.7. The number of hydrogen-bond donors (Lipinski definition) is 2. The maximum absolute atomic E-state index is 11.9. The normalized spacial score (nSPS) is 12.1. The standard InChI is InChI=1S/C18H31N3O4S/c1-13(2)9-16(14(3)4)25-18(23)21-8-6-5-7-20-17(22)24-11-15-10-19-12-26-15/h10,12-14,16H,5-9,11H2,1-4H3,(H,20,22)(H,21,23). The van der Waals surface area contributed by atoms with E-state index in [-0.39, 0.29) is 18.8 Å². The van der Waals surface area contributed by atoms with Crippen LogP contribution in [0.4, 0.5) is 9.59 Å². The molecular weight excluding hydrogens is 354 g/mol. The van der Waals surface area contributed by atoms with Crippen LogP contribution >= 0.6 is 11.3 Å². The van der Waals surface area contributed by atoms with Crippen LogP contribution in [0.2, 0.25) is 0 Å². The van der Waals surface area contributed by atoms with Crippen LogP contribution in [-0.4, -0.2) is 36.4 Å². The lowest BCUT2D eigenvalue weighted by molar-refractivity contribution is 0.0580. The molecule has 0 saturated heterocycles. The zero-order valence-corrected chi connectivity index (χ0v) is 16.9. The second-order valence-electron chi connectivity index (χ2n) is 6.92. The first-order valence-electron chi connectivity index (χ1n) is 9.11. The molecule has 1 aromatic rings. The van der Waals surface area contributed by atoms with Crippen LogP contribution in [0.25, 0.3) is 0 Å². The summed E-state index contributed by atoms with van der Waals surface area (Å²) in [5.41, 5.74) is 1.70. The van der Waals surface area contributed by atoms with Gasteiger partial charge in [0.25, 0.3) is 0 Å². The van der Waals surface area contributed by atoms with E-state index in [0.717, 1.165) is 24.1 Å². The molecule has 0 aliphatic heterocycles. The third-order valence-electron chi connectivity index (χ3n) is 3.68. The molecule has 1 atom stereocenters. The number of carbonyl (C=O) groups excluding carboxylic acids is 2. The van der Waals surface area contributed by atoms with Gasteiger partial charge in [-0.1, -0.05) is 27.7 Å². The number of thiazole rings is 1. The van der Waals surface area contributed by atoms with Crippen molar-refractivity contribution >= 4 is 23.5 Å². The molecule has 2 N–H and O–H groups in total. The molecule has 1 heterocycles. The molecule has 148 valence electrons. The van der Waals surface area contributed by atoms with Gasteiger partial charge in [0.15, 0.2) is 0 Å². The smallest absolute Gasteiger partial charge is 0.407 e. The average molecular weight is 386 g/mol. The first-order valence-corrected chi connectivity index (χ1v) is 9.99. The third kappa shape index (κ3) is 10.2. The summed E-state index contributed by atoms with van der Waals surface area (Å²) in [6.45, 7) is 9.60. The van der Waals surface area contributed by atoms with Gasteiger partial charge in [-0.25, -0.2) is 9.59 Å². The zero-order chi connectivity index (χ0) is 19.4. The summed E-state index contributed by atoms with van der Waals surface area (Å²) in [5.74, 6) is 0.778. The molecule has 8 heteroatoms. The molecule has 0 spiro atoms. The van der Waals surface area contributed by atoms with Crippen LogP contribution in [0, 0.1) is 11.8 Å². The van der Waals surface area contributed by atoms with Gasteiger partial charge in [0.1, 0.15) is 12.7 Å². The average Bonchev–Trinajstić information content (AvgIpc) is 3.08. The Morgan fingerprint density at radius 2 is 1.77 bits per heavy atom. The predicted octanol–water partition coefficient (Wildman–Crippen LogP) is 3.95. The molecule has 1 unspecified atom stereocenters. The first-order chi connectivity index (χ1) is 12.4. The Labute approximate surface area is 159 Å². The van der Waals surface area contributed by atoms with Gasteiger partial charge in [0, 0.05) is 19.3 Å². The minimum atomic E-state index is -0.445. The van der Waals surface area contributed by atoms with Crippen LogP contribution in [0.5, 0.6) is 0 Å². The zero-order valence-electron chi connectivity index (χ0n) is 16.1. The van der Waals surface area contributed by atoms with Gasteiger partial charge < -0.3 is 20.1 Å². The number of unbranched alkanes of at least 4 members (excludes halogenated alkanes) is 1. The highest BCUT2D eigenvalue weighted by atomic mass is 32.1. The molecule has 2 amide bonds. The topological polar surface area (TPSA) is 89.6 Å². The molecule has 0 aliphatic carbocycles. The summed E-state index contributed by atoms with van der Waals surface area (Å²) in [6.07, 6.45) is 3.15. The summed E-state index contributed by atoms with van der Waals surface area (Å²) >= 11 is 1.44. The van der Waals surface area contributed by atoms with Crippen molar-refractivity contribution in [3.63, 3.8) is 0 Å². The quantitative estimate of drug-likeness (QED) is 0.563. The fourth-order valence-corrected chi connectivity index (χ4v) is 2.74. The van der Waals surface area contributed by atoms with E-state index >= 15 is 0 Å². The second kappa shape index (κ2) is 12.5. The van der Waals surface area contributed by atoms with E-state index in [2.05, 4.69) is 43.3 Å².